The summed E-state index contributed by atoms with van der Waals surface area (Å²) in [6.45, 7) is 8.06. The number of aliphatic imine (C=N–C) groups is 1. The number of halogens is 1. The van der Waals surface area contributed by atoms with Gasteiger partial charge in [-0.15, -0.1) is 24.0 Å². The van der Waals surface area contributed by atoms with Gasteiger partial charge in [0, 0.05) is 37.5 Å². The molecule has 2 N–H and O–H groups in total. The van der Waals surface area contributed by atoms with Gasteiger partial charge in [-0.2, -0.15) is 0 Å². The Labute approximate surface area is 184 Å². The van der Waals surface area contributed by atoms with Crippen LogP contribution >= 0.6 is 24.0 Å². The molecule has 6 nitrogen and oxygen atoms in total. The van der Waals surface area contributed by atoms with Crippen LogP contribution < -0.4 is 20.1 Å². The van der Waals surface area contributed by atoms with E-state index in [4.69, 9.17) is 9.47 Å². The minimum atomic E-state index is 0. The minimum absolute atomic E-state index is 0. The van der Waals surface area contributed by atoms with Crippen molar-refractivity contribution < 1.29 is 9.47 Å². The molecule has 0 aliphatic heterocycles. The number of hydrogen-bond acceptors (Lipinski definition) is 4. The highest BCUT2D eigenvalue weighted by molar-refractivity contribution is 14.0. The Morgan fingerprint density at radius 1 is 1.11 bits per heavy atom. The first-order valence-corrected chi connectivity index (χ1v) is 9.11. The Kier molecular flexibility index (Phi) is 11.7. The molecule has 7 heteroatoms. The molecule has 0 bridgehead atoms. The molecule has 0 amide bonds. The third-order valence-corrected chi connectivity index (χ3v) is 3.74. The smallest absolute Gasteiger partial charge is 0.218 e. The van der Waals surface area contributed by atoms with Crippen LogP contribution in [0.2, 0.25) is 0 Å². The molecule has 2 rings (SSSR count). The van der Waals surface area contributed by atoms with E-state index in [-0.39, 0.29) is 24.0 Å². The van der Waals surface area contributed by atoms with Crippen molar-refractivity contribution in [2.24, 2.45) is 4.99 Å². The highest BCUT2D eigenvalue weighted by Crippen LogP contribution is 2.18. The second kappa shape index (κ2) is 13.8. The number of rotatable bonds is 10. The fourth-order valence-electron chi connectivity index (χ4n) is 2.41. The summed E-state index contributed by atoms with van der Waals surface area (Å²) >= 11 is 0. The van der Waals surface area contributed by atoms with Gasteiger partial charge in [0.15, 0.2) is 5.96 Å². The number of guanidine groups is 1. The quantitative estimate of drug-likeness (QED) is 0.226. The summed E-state index contributed by atoms with van der Waals surface area (Å²) < 4.78 is 11.4. The number of hydrogen-bond donors (Lipinski definition) is 2. The minimum Gasteiger partial charge on any atom is -0.489 e. The molecule has 0 atom stereocenters. The highest BCUT2D eigenvalue weighted by atomic mass is 127. The molecule has 0 aliphatic carbocycles. The fourth-order valence-corrected chi connectivity index (χ4v) is 2.41. The second-order valence-corrected chi connectivity index (χ2v) is 5.80. The monoisotopic (exact) mass is 496 g/mol. The zero-order valence-corrected chi connectivity index (χ0v) is 18.8. The summed E-state index contributed by atoms with van der Waals surface area (Å²) in [6.07, 6.45) is 4.42. The van der Waals surface area contributed by atoms with E-state index in [9.17, 15) is 0 Å². The Balaban J connectivity index is 0.00000392. The lowest BCUT2D eigenvalue weighted by molar-refractivity contribution is 0.301. The fraction of sp³-hybridized carbons (Fsp3) is 0.333. The Morgan fingerprint density at radius 3 is 2.54 bits per heavy atom. The van der Waals surface area contributed by atoms with Gasteiger partial charge in [0.2, 0.25) is 5.88 Å². The van der Waals surface area contributed by atoms with Crippen LogP contribution in [0.5, 0.6) is 11.6 Å². The summed E-state index contributed by atoms with van der Waals surface area (Å²) in [6, 6.07) is 11.8. The van der Waals surface area contributed by atoms with Crippen LogP contribution in [0.15, 0.2) is 60.2 Å². The molecular weight excluding hydrogens is 467 g/mol. The predicted molar refractivity (Wildman–Crippen MR) is 125 cm³/mol. The van der Waals surface area contributed by atoms with Gasteiger partial charge in [-0.1, -0.05) is 43.8 Å². The van der Waals surface area contributed by atoms with Gasteiger partial charge in [0.05, 0.1) is 6.61 Å². The molecule has 0 saturated heterocycles. The van der Waals surface area contributed by atoms with E-state index in [2.05, 4.69) is 34.1 Å². The van der Waals surface area contributed by atoms with E-state index < -0.39 is 0 Å². The van der Waals surface area contributed by atoms with Crippen molar-refractivity contribution in [3.05, 3.63) is 66.4 Å². The van der Waals surface area contributed by atoms with Crippen LogP contribution in [0.4, 0.5) is 0 Å². The van der Waals surface area contributed by atoms with Gasteiger partial charge in [-0.3, -0.25) is 4.99 Å². The molecule has 0 unspecified atom stereocenters. The standard InChI is InChI=1S/C21H28N4O2.HI/c1-4-13-26-19-11-7-6-9-17(19)15-24-21(22-3)25-16-18-10-8-12-23-20(18)27-14-5-2;/h4,6-12H,1,5,13-16H2,2-3H3,(H2,22,24,25);1H. The van der Waals surface area contributed by atoms with Gasteiger partial charge < -0.3 is 20.1 Å². The van der Waals surface area contributed by atoms with E-state index in [1.54, 1.807) is 19.3 Å². The van der Waals surface area contributed by atoms with Crippen molar-refractivity contribution in [2.75, 3.05) is 20.3 Å². The molecule has 1 aromatic carbocycles. The van der Waals surface area contributed by atoms with Crippen LogP contribution in [0.25, 0.3) is 0 Å². The van der Waals surface area contributed by atoms with E-state index >= 15 is 0 Å². The van der Waals surface area contributed by atoms with Crippen LogP contribution in [0, 0.1) is 0 Å². The molecule has 2 aromatic rings. The van der Waals surface area contributed by atoms with E-state index in [1.165, 1.54) is 0 Å². The van der Waals surface area contributed by atoms with Crippen molar-refractivity contribution in [1.29, 1.82) is 0 Å². The van der Waals surface area contributed by atoms with Crippen molar-refractivity contribution >= 4 is 29.9 Å². The number of nitrogens with one attached hydrogen (secondary N) is 2. The first-order valence-electron chi connectivity index (χ1n) is 9.11. The van der Waals surface area contributed by atoms with E-state index in [1.807, 2.05) is 36.4 Å². The molecule has 0 saturated carbocycles. The van der Waals surface area contributed by atoms with Gasteiger partial charge in [0.1, 0.15) is 12.4 Å². The van der Waals surface area contributed by atoms with Crippen LogP contribution in [0.3, 0.4) is 0 Å². The van der Waals surface area contributed by atoms with Crippen molar-refractivity contribution in [3.8, 4) is 11.6 Å². The van der Waals surface area contributed by atoms with Gasteiger partial charge in [-0.05, 0) is 18.6 Å². The van der Waals surface area contributed by atoms with Crippen LogP contribution in [0.1, 0.15) is 24.5 Å². The van der Waals surface area contributed by atoms with Crippen molar-refractivity contribution in [1.82, 2.24) is 15.6 Å². The Bertz CT molecular complexity index is 753. The van der Waals surface area contributed by atoms with Crippen LogP contribution in [-0.2, 0) is 13.1 Å². The molecule has 0 spiro atoms. The molecule has 0 radical (unpaired) electrons. The molecule has 28 heavy (non-hydrogen) atoms. The lowest BCUT2D eigenvalue weighted by atomic mass is 10.2. The summed E-state index contributed by atoms with van der Waals surface area (Å²) in [7, 11) is 1.74. The molecule has 1 heterocycles. The molecular formula is C21H29IN4O2. The Hall–Kier alpha value is -2.29. The maximum Gasteiger partial charge on any atom is 0.218 e. The molecule has 1 aromatic heterocycles. The molecule has 0 fully saturated rings. The second-order valence-electron chi connectivity index (χ2n) is 5.80. The normalized spacial score (nSPS) is 10.6. The number of aromatic nitrogens is 1. The molecule has 152 valence electrons. The van der Waals surface area contributed by atoms with E-state index in [0.717, 1.165) is 23.3 Å². The average molecular weight is 496 g/mol. The SMILES string of the molecule is C=CCOc1ccccc1CNC(=NC)NCc1cccnc1OCCC.I. The van der Waals surface area contributed by atoms with Crippen LogP contribution in [-0.4, -0.2) is 31.2 Å². The van der Waals surface area contributed by atoms with Crippen molar-refractivity contribution in [3.63, 3.8) is 0 Å². The average Bonchev–Trinajstić information content (AvgIpc) is 2.72. The predicted octanol–water partition coefficient (Wildman–Crippen LogP) is 3.92. The zero-order chi connectivity index (χ0) is 19.3. The van der Waals surface area contributed by atoms with E-state index in [0.29, 0.717) is 38.1 Å². The van der Waals surface area contributed by atoms with Gasteiger partial charge in [-0.25, -0.2) is 4.98 Å². The summed E-state index contributed by atoms with van der Waals surface area (Å²) in [5.74, 6) is 2.19. The third kappa shape index (κ3) is 7.75. The first kappa shape index (κ1) is 23.7. The zero-order valence-electron chi connectivity index (χ0n) is 16.5. The summed E-state index contributed by atoms with van der Waals surface area (Å²) in [5, 5.41) is 6.60. The van der Waals surface area contributed by atoms with Gasteiger partial charge >= 0.3 is 0 Å². The largest absolute Gasteiger partial charge is 0.489 e. The maximum absolute atomic E-state index is 5.70. The Morgan fingerprint density at radius 2 is 1.82 bits per heavy atom. The lowest BCUT2D eigenvalue weighted by Crippen LogP contribution is -2.36. The number of pyridine rings is 1. The first-order chi connectivity index (χ1) is 13.3. The summed E-state index contributed by atoms with van der Waals surface area (Å²) in [5.41, 5.74) is 2.04. The highest BCUT2D eigenvalue weighted by Gasteiger charge is 2.07. The number of para-hydroxylation sites is 1. The topological polar surface area (TPSA) is 67.8 Å². The van der Waals surface area contributed by atoms with Crippen molar-refractivity contribution in [2.45, 2.75) is 26.4 Å². The van der Waals surface area contributed by atoms with Gasteiger partial charge in [0.25, 0.3) is 0 Å². The molecule has 0 aliphatic rings. The lowest BCUT2D eigenvalue weighted by Gasteiger charge is -2.15. The summed E-state index contributed by atoms with van der Waals surface area (Å²) in [4.78, 5) is 8.58. The number of benzene rings is 1. The maximum atomic E-state index is 5.70. The number of ether oxygens (including phenoxy) is 2. The third-order valence-electron chi connectivity index (χ3n) is 3.74. The number of nitrogens with zero attached hydrogens (tertiary/aromatic N) is 2.